The molecule has 20 heavy (non-hydrogen) atoms. The molecule has 0 saturated carbocycles. The summed E-state index contributed by atoms with van der Waals surface area (Å²) in [6, 6.07) is 4.99. The number of carbonyl (C=O) groups is 2. The smallest absolute Gasteiger partial charge is 0.332 e. The molecule has 0 bridgehead atoms. The van der Waals surface area contributed by atoms with Crippen molar-refractivity contribution in [2.45, 2.75) is 25.0 Å². The van der Waals surface area contributed by atoms with Crippen molar-refractivity contribution in [3.8, 4) is 0 Å². The lowest BCUT2D eigenvalue weighted by molar-refractivity contribution is -0.149. The van der Waals surface area contributed by atoms with Crippen molar-refractivity contribution in [3.05, 3.63) is 33.3 Å². The summed E-state index contributed by atoms with van der Waals surface area (Å²) in [6.07, 6.45) is 0.0442. The van der Waals surface area contributed by atoms with E-state index in [1.165, 1.54) is 0 Å². The molecule has 108 valence electrons. The number of carboxylic acid groups (broad SMARTS) is 1. The molecule has 7 heteroatoms. The molecule has 0 spiro atoms. The maximum Gasteiger partial charge on any atom is 0.332 e. The van der Waals surface area contributed by atoms with Crippen LogP contribution in [0.1, 0.15) is 23.2 Å². The molecule has 1 aliphatic heterocycles. The number of nitrogens with one attached hydrogen (secondary N) is 1. The zero-order chi connectivity index (χ0) is 14.7. The number of benzene rings is 1. The van der Waals surface area contributed by atoms with Gasteiger partial charge in [-0.25, -0.2) is 4.79 Å². The van der Waals surface area contributed by atoms with E-state index in [0.717, 1.165) is 4.47 Å². The zero-order valence-corrected chi connectivity index (χ0v) is 12.8. The Labute approximate surface area is 129 Å². The Morgan fingerprint density at radius 1 is 1.45 bits per heavy atom. The van der Waals surface area contributed by atoms with Crippen LogP contribution in [0.3, 0.4) is 0 Å². The Morgan fingerprint density at radius 2 is 2.20 bits per heavy atom. The highest BCUT2D eigenvalue weighted by molar-refractivity contribution is 9.10. The molecular weight excluding hydrogens is 350 g/mol. The Balaban J connectivity index is 1.88. The molecular formula is C13H13BrClNO4. The molecule has 2 atom stereocenters. The average molecular weight is 363 g/mol. The van der Waals surface area contributed by atoms with Gasteiger partial charge in [-0.05, 0) is 31.0 Å². The molecule has 1 saturated heterocycles. The Hall–Kier alpha value is -1.11. The van der Waals surface area contributed by atoms with Crippen LogP contribution < -0.4 is 5.32 Å². The number of rotatable bonds is 4. The minimum atomic E-state index is -0.963. The van der Waals surface area contributed by atoms with Crippen LogP contribution in [0, 0.1) is 0 Å². The molecule has 5 nitrogen and oxygen atoms in total. The number of hydrogen-bond donors (Lipinski definition) is 2. The second-order valence-corrected chi connectivity index (χ2v) is 5.82. The average Bonchev–Trinajstić information content (AvgIpc) is 2.85. The summed E-state index contributed by atoms with van der Waals surface area (Å²) in [4.78, 5) is 22.7. The first kappa shape index (κ1) is 15.3. The summed E-state index contributed by atoms with van der Waals surface area (Å²) in [5.74, 6) is -1.26. The van der Waals surface area contributed by atoms with Crippen LogP contribution in [-0.2, 0) is 9.53 Å². The fourth-order valence-electron chi connectivity index (χ4n) is 2.01. The van der Waals surface area contributed by atoms with E-state index in [9.17, 15) is 9.59 Å². The molecule has 0 radical (unpaired) electrons. The van der Waals surface area contributed by atoms with Crippen LogP contribution >= 0.6 is 27.5 Å². The van der Waals surface area contributed by atoms with Crippen LogP contribution in [0.15, 0.2) is 22.7 Å². The van der Waals surface area contributed by atoms with Gasteiger partial charge in [0.05, 0.1) is 16.7 Å². The van der Waals surface area contributed by atoms with E-state index >= 15 is 0 Å². The maximum absolute atomic E-state index is 12.0. The zero-order valence-electron chi connectivity index (χ0n) is 10.4. The normalized spacial score (nSPS) is 21.7. The standard InChI is InChI=1S/C13H13BrClNO4/c14-7-1-3-9(10(15)5-7)12(17)16-6-8-2-4-11(20-8)13(18)19/h1,3,5,8,11H,2,4,6H2,(H,16,17)(H,18,19). The molecule has 1 aromatic carbocycles. The third-order valence-corrected chi connectivity index (χ3v) is 3.85. The summed E-state index contributed by atoms with van der Waals surface area (Å²) in [7, 11) is 0. The highest BCUT2D eigenvalue weighted by atomic mass is 79.9. The highest BCUT2D eigenvalue weighted by Gasteiger charge is 2.30. The summed E-state index contributed by atoms with van der Waals surface area (Å²) in [5.41, 5.74) is 0.377. The largest absolute Gasteiger partial charge is 0.479 e. The topological polar surface area (TPSA) is 75.6 Å². The van der Waals surface area contributed by atoms with Crippen molar-refractivity contribution in [1.82, 2.24) is 5.32 Å². The summed E-state index contributed by atoms with van der Waals surface area (Å²) < 4.78 is 6.10. The highest BCUT2D eigenvalue weighted by Crippen LogP contribution is 2.22. The van der Waals surface area contributed by atoms with E-state index in [2.05, 4.69) is 21.2 Å². The van der Waals surface area contributed by atoms with Crippen LogP contribution in [-0.4, -0.2) is 35.7 Å². The van der Waals surface area contributed by atoms with E-state index in [4.69, 9.17) is 21.4 Å². The minimum Gasteiger partial charge on any atom is -0.479 e. The molecule has 0 aromatic heterocycles. The van der Waals surface area contributed by atoms with Gasteiger partial charge in [-0.1, -0.05) is 27.5 Å². The molecule has 1 aliphatic rings. The van der Waals surface area contributed by atoms with Crippen molar-refractivity contribution in [1.29, 1.82) is 0 Å². The van der Waals surface area contributed by atoms with E-state index < -0.39 is 12.1 Å². The second-order valence-electron chi connectivity index (χ2n) is 4.50. The van der Waals surface area contributed by atoms with Gasteiger partial charge in [-0.3, -0.25) is 4.79 Å². The maximum atomic E-state index is 12.0. The quantitative estimate of drug-likeness (QED) is 0.863. The third-order valence-electron chi connectivity index (χ3n) is 3.05. The second kappa shape index (κ2) is 6.56. The van der Waals surface area contributed by atoms with Crippen LogP contribution in [0.2, 0.25) is 5.02 Å². The van der Waals surface area contributed by atoms with Gasteiger partial charge in [0.25, 0.3) is 5.91 Å². The van der Waals surface area contributed by atoms with E-state index in [1.807, 2.05) is 0 Å². The van der Waals surface area contributed by atoms with Gasteiger partial charge in [0, 0.05) is 11.0 Å². The monoisotopic (exact) mass is 361 g/mol. The predicted octanol–water partition coefficient (Wildman–Crippen LogP) is 2.46. The number of carbonyl (C=O) groups excluding carboxylic acids is 1. The Kier molecular flexibility index (Phi) is 5.01. The minimum absolute atomic E-state index is 0.269. The van der Waals surface area contributed by atoms with Gasteiger partial charge >= 0.3 is 5.97 Å². The van der Waals surface area contributed by atoms with Crippen molar-refractivity contribution in [2.75, 3.05) is 6.54 Å². The van der Waals surface area contributed by atoms with Crippen LogP contribution in [0.25, 0.3) is 0 Å². The lowest BCUT2D eigenvalue weighted by Crippen LogP contribution is -2.33. The number of hydrogen-bond acceptors (Lipinski definition) is 3. The molecule has 2 unspecified atom stereocenters. The van der Waals surface area contributed by atoms with E-state index in [0.29, 0.717) is 23.4 Å². The fourth-order valence-corrected chi connectivity index (χ4v) is 2.77. The molecule has 0 aliphatic carbocycles. The molecule has 1 heterocycles. The number of aliphatic carboxylic acids is 1. The van der Waals surface area contributed by atoms with Gasteiger partial charge < -0.3 is 15.2 Å². The van der Waals surface area contributed by atoms with Gasteiger partial charge in [-0.15, -0.1) is 0 Å². The van der Waals surface area contributed by atoms with Crippen LogP contribution in [0.5, 0.6) is 0 Å². The summed E-state index contributed by atoms with van der Waals surface area (Å²) >= 11 is 9.25. The Bertz CT molecular complexity index is 537. The number of halogens is 2. The molecule has 2 N–H and O–H groups in total. The lowest BCUT2D eigenvalue weighted by atomic mass is 10.2. The van der Waals surface area contributed by atoms with E-state index in [-0.39, 0.29) is 18.6 Å². The number of amides is 1. The fraction of sp³-hybridized carbons (Fsp3) is 0.385. The van der Waals surface area contributed by atoms with Gasteiger partial charge in [-0.2, -0.15) is 0 Å². The third kappa shape index (κ3) is 3.71. The lowest BCUT2D eigenvalue weighted by Gasteiger charge is -2.13. The first-order valence-electron chi connectivity index (χ1n) is 6.09. The first-order valence-corrected chi connectivity index (χ1v) is 7.26. The molecule has 2 rings (SSSR count). The van der Waals surface area contributed by atoms with Gasteiger partial charge in [0.1, 0.15) is 0 Å². The number of carboxylic acids is 1. The number of ether oxygens (including phenoxy) is 1. The molecule has 1 aromatic rings. The summed E-state index contributed by atoms with van der Waals surface area (Å²) in [5, 5.41) is 11.9. The van der Waals surface area contributed by atoms with Gasteiger partial charge in [0.15, 0.2) is 6.10 Å². The van der Waals surface area contributed by atoms with Crippen molar-refractivity contribution in [2.24, 2.45) is 0 Å². The van der Waals surface area contributed by atoms with E-state index in [1.54, 1.807) is 18.2 Å². The Morgan fingerprint density at radius 3 is 2.80 bits per heavy atom. The van der Waals surface area contributed by atoms with Crippen molar-refractivity contribution in [3.63, 3.8) is 0 Å². The van der Waals surface area contributed by atoms with Gasteiger partial charge in [0.2, 0.25) is 0 Å². The first-order chi connectivity index (χ1) is 9.47. The summed E-state index contributed by atoms with van der Waals surface area (Å²) in [6.45, 7) is 0.273. The molecule has 1 fully saturated rings. The van der Waals surface area contributed by atoms with Crippen molar-refractivity contribution >= 4 is 39.4 Å². The van der Waals surface area contributed by atoms with Crippen LogP contribution in [0.4, 0.5) is 0 Å². The van der Waals surface area contributed by atoms with Crippen molar-refractivity contribution < 1.29 is 19.4 Å². The molecule has 1 amide bonds. The predicted molar refractivity (Wildman–Crippen MR) is 77.0 cm³/mol. The SMILES string of the molecule is O=C(NCC1CCC(C(=O)O)O1)c1ccc(Br)cc1Cl.